The molecule has 1 aromatic heterocycles. The van der Waals surface area contributed by atoms with Crippen molar-refractivity contribution in [3.63, 3.8) is 0 Å². The molecule has 0 spiro atoms. The summed E-state index contributed by atoms with van der Waals surface area (Å²) in [6.45, 7) is 6.36. The molecule has 0 radical (unpaired) electrons. The molecule has 3 heteroatoms. The molecule has 114 valence electrons. The molecule has 0 amide bonds. The summed E-state index contributed by atoms with van der Waals surface area (Å²) in [6.07, 6.45) is 8.57. The van der Waals surface area contributed by atoms with Gasteiger partial charge in [-0.3, -0.25) is 0 Å². The molecule has 3 nitrogen and oxygen atoms in total. The normalized spacial score (nSPS) is 12.5. The van der Waals surface area contributed by atoms with Crippen molar-refractivity contribution in [2.24, 2.45) is 0 Å². The lowest BCUT2D eigenvalue weighted by atomic mass is 10.0. The third-order valence-corrected chi connectivity index (χ3v) is 3.93. The summed E-state index contributed by atoms with van der Waals surface area (Å²) in [5, 5.41) is 3.61. The first-order valence-electron chi connectivity index (χ1n) is 8.10. The lowest BCUT2D eigenvalue weighted by Crippen LogP contribution is -2.32. The number of nitrogens with zero attached hydrogens (tertiary/aromatic N) is 2. The standard InChI is InChI=1S/C18H27N3/c1-3-19-17(15-18-20-13-14-21(18)4-2)12-8-11-16-9-6-5-7-10-16/h5-7,9-10,13-14,17,19H,3-4,8,11-12,15H2,1-2H3. The number of likely N-dealkylation sites (N-methyl/N-ethyl adjacent to an activating group) is 1. The van der Waals surface area contributed by atoms with E-state index in [1.165, 1.54) is 24.2 Å². The van der Waals surface area contributed by atoms with Crippen LogP contribution in [0.1, 0.15) is 38.1 Å². The highest BCUT2D eigenvalue weighted by Gasteiger charge is 2.11. The maximum atomic E-state index is 4.50. The quantitative estimate of drug-likeness (QED) is 0.765. The smallest absolute Gasteiger partial charge is 0.110 e. The maximum absolute atomic E-state index is 4.50. The summed E-state index contributed by atoms with van der Waals surface area (Å²) in [7, 11) is 0. The lowest BCUT2D eigenvalue weighted by Gasteiger charge is -2.18. The molecular weight excluding hydrogens is 258 g/mol. The van der Waals surface area contributed by atoms with Gasteiger partial charge in [-0.1, -0.05) is 37.3 Å². The minimum atomic E-state index is 0.520. The second-order valence-corrected chi connectivity index (χ2v) is 5.47. The highest BCUT2D eigenvalue weighted by Crippen LogP contribution is 2.10. The number of rotatable bonds is 9. The van der Waals surface area contributed by atoms with Gasteiger partial charge < -0.3 is 9.88 Å². The van der Waals surface area contributed by atoms with Crippen molar-refractivity contribution in [2.45, 2.75) is 52.1 Å². The summed E-state index contributed by atoms with van der Waals surface area (Å²) in [5.41, 5.74) is 1.43. The molecule has 0 fully saturated rings. The van der Waals surface area contributed by atoms with Crippen molar-refractivity contribution in [1.29, 1.82) is 0 Å². The van der Waals surface area contributed by atoms with E-state index in [4.69, 9.17) is 0 Å². The first-order valence-corrected chi connectivity index (χ1v) is 8.10. The van der Waals surface area contributed by atoms with Crippen molar-refractivity contribution in [1.82, 2.24) is 14.9 Å². The van der Waals surface area contributed by atoms with Gasteiger partial charge in [-0.25, -0.2) is 4.98 Å². The van der Waals surface area contributed by atoms with E-state index in [1.807, 2.05) is 6.20 Å². The van der Waals surface area contributed by atoms with E-state index < -0.39 is 0 Å². The van der Waals surface area contributed by atoms with Gasteiger partial charge in [0.25, 0.3) is 0 Å². The van der Waals surface area contributed by atoms with Crippen molar-refractivity contribution in [3.8, 4) is 0 Å². The van der Waals surface area contributed by atoms with Crippen LogP contribution >= 0.6 is 0 Å². The molecule has 0 saturated carbocycles. The number of nitrogens with one attached hydrogen (secondary N) is 1. The Morgan fingerprint density at radius 1 is 1.19 bits per heavy atom. The minimum Gasteiger partial charge on any atom is -0.335 e. The van der Waals surface area contributed by atoms with Crippen LogP contribution in [0, 0.1) is 0 Å². The summed E-state index contributed by atoms with van der Waals surface area (Å²) in [5.74, 6) is 1.20. The van der Waals surface area contributed by atoms with Gasteiger partial charge in [0.2, 0.25) is 0 Å². The van der Waals surface area contributed by atoms with Crippen LogP contribution in [0.3, 0.4) is 0 Å². The van der Waals surface area contributed by atoms with Crippen LogP contribution < -0.4 is 5.32 Å². The second kappa shape index (κ2) is 8.63. The Hall–Kier alpha value is -1.61. The van der Waals surface area contributed by atoms with Crippen molar-refractivity contribution in [3.05, 3.63) is 54.1 Å². The van der Waals surface area contributed by atoms with E-state index in [0.29, 0.717) is 6.04 Å². The number of imidazole rings is 1. The van der Waals surface area contributed by atoms with Gasteiger partial charge in [0.1, 0.15) is 5.82 Å². The fraction of sp³-hybridized carbons (Fsp3) is 0.500. The zero-order chi connectivity index (χ0) is 14.9. The van der Waals surface area contributed by atoms with Gasteiger partial charge in [0, 0.05) is 31.4 Å². The Labute approximate surface area is 128 Å². The zero-order valence-corrected chi connectivity index (χ0v) is 13.3. The zero-order valence-electron chi connectivity index (χ0n) is 13.3. The first kappa shape index (κ1) is 15.8. The number of hydrogen-bond donors (Lipinski definition) is 1. The Bertz CT molecular complexity index is 504. The minimum absolute atomic E-state index is 0.520. The summed E-state index contributed by atoms with van der Waals surface area (Å²) in [4.78, 5) is 4.50. The van der Waals surface area contributed by atoms with E-state index in [0.717, 1.165) is 25.9 Å². The van der Waals surface area contributed by atoms with Crippen LogP contribution in [-0.2, 0) is 19.4 Å². The van der Waals surface area contributed by atoms with E-state index in [9.17, 15) is 0 Å². The molecule has 0 aliphatic carbocycles. The van der Waals surface area contributed by atoms with Gasteiger partial charge in [-0.15, -0.1) is 0 Å². The molecule has 0 saturated heterocycles. The predicted molar refractivity (Wildman–Crippen MR) is 88.4 cm³/mol. The molecular formula is C18H27N3. The molecule has 1 heterocycles. The average Bonchev–Trinajstić information content (AvgIpc) is 2.96. The number of aryl methyl sites for hydroxylation is 2. The van der Waals surface area contributed by atoms with Gasteiger partial charge >= 0.3 is 0 Å². The molecule has 2 rings (SSSR count). The third-order valence-electron chi connectivity index (χ3n) is 3.93. The van der Waals surface area contributed by atoms with E-state index in [-0.39, 0.29) is 0 Å². The Kier molecular flexibility index (Phi) is 6.48. The molecule has 1 aromatic carbocycles. The molecule has 1 N–H and O–H groups in total. The fourth-order valence-electron chi connectivity index (χ4n) is 2.80. The molecule has 0 bridgehead atoms. The van der Waals surface area contributed by atoms with Crippen LogP contribution in [0.4, 0.5) is 0 Å². The topological polar surface area (TPSA) is 29.9 Å². The summed E-state index contributed by atoms with van der Waals surface area (Å²) < 4.78 is 2.24. The number of aromatic nitrogens is 2. The molecule has 2 aromatic rings. The van der Waals surface area contributed by atoms with Crippen molar-refractivity contribution < 1.29 is 0 Å². The van der Waals surface area contributed by atoms with Crippen molar-refractivity contribution in [2.75, 3.05) is 6.54 Å². The van der Waals surface area contributed by atoms with E-state index >= 15 is 0 Å². The largest absolute Gasteiger partial charge is 0.335 e. The number of hydrogen-bond acceptors (Lipinski definition) is 2. The Balaban J connectivity index is 1.84. The van der Waals surface area contributed by atoms with Crippen molar-refractivity contribution >= 4 is 0 Å². The maximum Gasteiger partial charge on any atom is 0.110 e. The lowest BCUT2D eigenvalue weighted by molar-refractivity contribution is 0.460. The Morgan fingerprint density at radius 3 is 2.71 bits per heavy atom. The van der Waals surface area contributed by atoms with E-state index in [2.05, 4.69) is 65.2 Å². The Morgan fingerprint density at radius 2 is 2.00 bits per heavy atom. The molecule has 1 atom stereocenters. The SMILES string of the molecule is CCNC(CCCc1ccccc1)Cc1nccn1CC. The first-order chi connectivity index (χ1) is 10.3. The monoisotopic (exact) mass is 285 g/mol. The van der Waals surface area contributed by atoms with E-state index in [1.54, 1.807) is 0 Å². The van der Waals surface area contributed by atoms with Gasteiger partial charge in [0.05, 0.1) is 0 Å². The number of benzene rings is 1. The highest BCUT2D eigenvalue weighted by atomic mass is 15.1. The van der Waals surface area contributed by atoms with Crippen LogP contribution in [-0.4, -0.2) is 22.1 Å². The predicted octanol–water partition coefficient (Wildman–Crippen LogP) is 3.45. The van der Waals surface area contributed by atoms with Crippen LogP contribution in [0.25, 0.3) is 0 Å². The van der Waals surface area contributed by atoms with Gasteiger partial charge in [-0.05, 0) is 38.3 Å². The van der Waals surface area contributed by atoms with Crippen LogP contribution in [0.2, 0.25) is 0 Å². The van der Waals surface area contributed by atoms with Gasteiger partial charge in [0.15, 0.2) is 0 Å². The average molecular weight is 285 g/mol. The summed E-state index contributed by atoms with van der Waals surface area (Å²) in [6, 6.07) is 11.3. The molecule has 0 aliphatic heterocycles. The third kappa shape index (κ3) is 5.01. The van der Waals surface area contributed by atoms with Crippen LogP contribution in [0.15, 0.2) is 42.7 Å². The molecule has 21 heavy (non-hydrogen) atoms. The summed E-state index contributed by atoms with van der Waals surface area (Å²) >= 11 is 0. The van der Waals surface area contributed by atoms with Crippen LogP contribution in [0.5, 0.6) is 0 Å². The second-order valence-electron chi connectivity index (χ2n) is 5.47. The fourth-order valence-corrected chi connectivity index (χ4v) is 2.80. The highest BCUT2D eigenvalue weighted by molar-refractivity contribution is 5.14. The molecule has 0 aliphatic rings. The van der Waals surface area contributed by atoms with Gasteiger partial charge in [-0.2, -0.15) is 0 Å². The molecule has 1 unspecified atom stereocenters.